The minimum atomic E-state index is -0.397. The van der Waals surface area contributed by atoms with E-state index in [0.29, 0.717) is 29.3 Å². The number of fused-ring (bicyclic) bond motifs is 1. The van der Waals surface area contributed by atoms with Crippen molar-refractivity contribution in [2.75, 3.05) is 13.7 Å². The molecule has 0 aliphatic carbocycles. The number of halogens is 1. The van der Waals surface area contributed by atoms with Gasteiger partial charge in [-0.15, -0.1) is 0 Å². The molecule has 2 aromatic carbocycles. The molecule has 138 valence electrons. The lowest BCUT2D eigenvalue weighted by molar-refractivity contribution is 0.0787. The largest absolute Gasteiger partial charge is 0.504 e. The first-order valence-electron chi connectivity index (χ1n) is 8.58. The van der Waals surface area contributed by atoms with E-state index in [2.05, 4.69) is 10.2 Å². The number of carbonyl (C=O) groups is 1. The van der Waals surface area contributed by atoms with Crippen molar-refractivity contribution >= 4 is 5.91 Å². The van der Waals surface area contributed by atoms with Gasteiger partial charge in [-0.3, -0.25) is 9.89 Å². The summed E-state index contributed by atoms with van der Waals surface area (Å²) < 4.78 is 18.8. The quantitative estimate of drug-likeness (QED) is 0.740. The molecule has 0 bridgehead atoms. The number of aromatic hydroxyl groups is 1. The summed E-state index contributed by atoms with van der Waals surface area (Å²) in [6, 6.07) is 10.6. The van der Waals surface area contributed by atoms with Crippen LogP contribution in [-0.4, -0.2) is 39.8 Å². The van der Waals surface area contributed by atoms with Gasteiger partial charge >= 0.3 is 0 Å². The van der Waals surface area contributed by atoms with Gasteiger partial charge in [0.25, 0.3) is 5.91 Å². The zero-order chi connectivity index (χ0) is 19.1. The molecule has 4 rings (SSSR count). The molecule has 2 heterocycles. The van der Waals surface area contributed by atoms with Gasteiger partial charge in [-0.05, 0) is 48.9 Å². The maximum atomic E-state index is 13.3. The number of hydrogen-bond acceptors (Lipinski definition) is 4. The predicted molar refractivity (Wildman–Crippen MR) is 97.2 cm³/mol. The molecule has 0 saturated heterocycles. The van der Waals surface area contributed by atoms with Gasteiger partial charge in [0.1, 0.15) is 11.5 Å². The third-order valence-corrected chi connectivity index (χ3v) is 4.72. The summed E-state index contributed by atoms with van der Waals surface area (Å²) in [5, 5.41) is 17.1. The number of aromatic nitrogens is 2. The monoisotopic (exact) mass is 367 g/mol. The SMILES string of the molecule is CCOc1cc(C2c3c(-c4ccc(F)cc4)n[nH]c3C(=O)N2C)ccc1O. The molecular formula is C20H18FN3O3. The maximum absolute atomic E-state index is 13.3. The van der Waals surface area contributed by atoms with Crippen molar-refractivity contribution in [2.45, 2.75) is 13.0 Å². The highest BCUT2D eigenvalue weighted by atomic mass is 19.1. The average molecular weight is 367 g/mol. The van der Waals surface area contributed by atoms with E-state index in [9.17, 15) is 14.3 Å². The lowest BCUT2D eigenvalue weighted by atomic mass is 9.96. The predicted octanol–water partition coefficient (Wildman–Crippen LogP) is 3.50. The van der Waals surface area contributed by atoms with Crippen LogP contribution in [0.2, 0.25) is 0 Å². The molecule has 0 spiro atoms. The Kier molecular flexibility index (Phi) is 4.07. The third kappa shape index (κ3) is 2.71. The Bertz CT molecular complexity index is 1010. The minimum Gasteiger partial charge on any atom is -0.504 e. The van der Waals surface area contributed by atoms with E-state index in [0.717, 1.165) is 11.1 Å². The maximum Gasteiger partial charge on any atom is 0.272 e. The van der Waals surface area contributed by atoms with Crippen molar-refractivity contribution in [1.29, 1.82) is 0 Å². The minimum absolute atomic E-state index is 0.0405. The van der Waals surface area contributed by atoms with E-state index in [-0.39, 0.29) is 17.5 Å². The van der Waals surface area contributed by atoms with Crippen LogP contribution in [-0.2, 0) is 0 Å². The number of benzene rings is 2. The molecule has 1 unspecified atom stereocenters. The number of phenolic OH excluding ortho intramolecular Hbond substituents is 1. The van der Waals surface area contributed by atoms with Crippen LogP contribution < -0.4 is 4.74 Å². The van der Waals surface area contributed by atoms with Crippen LogP contribution in [0.5, 0.6) is 11.5 Å². The van der Waals surface area contributed by atoms with Gasteiger partial charge in [-0.25, -0.2) is 4.39 Å². The standard InChI is InChI=1S/C20H18FN3O3/c1-3-27-15-10-12(6-9-14(15)25)19-16-17(11-4-7-13(21)8-5-11)22-23-18(16)20(26)24(19)2/h4-10,19,25H,3H2,1-2H3,(H,22,23). The van der Waals surface area contributed by atoms with E-state index in [4.69, 9.17) is 4.74 Å². The number of rotatable bonds is 4. The van der Waals surface area contributed by atoms with E-state index < -0.39 is 6.04 Å². The third-order valence-electron chi connectivity index (χ3n) is 4.72. The topological polar surface area (TPSA) is 78.5 Å². The van der Waals surface area contributed by atoms with Gasteiger partial charge in [-0.1, -0.05) is 6.07 Å². The Labute approximate surface area is 155 Å². The summed E-state index contributed by atoms with van der Waals surface area (Å²) in [5.74, 6) is -0.118. The van der Waals surface area contributed by atoms with Crippen molar-refractivity contribution in [1.82, 2.24) is 15.1 Å². The number of ether oxygens (including phenoxy) is 1. The molecular weight excluding hydrogens is 349 g/mol. The normalized spacial score (nSPS) is 15.9. The van der Waals surface area contributed by atoms with E-state index in [1.165, 1.54) is 12.1 Å². The number of H-pyrrole nitrogens is 1. The van der Waals surface area contributed by atoms with Gasteiger partial charge in [0.05, 0.1) is 18.3 Å². The number of nitrogens with zero attached hydrogens (tertiary/aromatic N) is 2. The van der Waals surface area contributed by atoms with E-state index in [1.807, 2.05) is 6.92 Å². The second-order valence-corrected chi connectivity index (χ2v) is 6.35. The fourth-order valence-corrected chi connectivity index (χ4v) is 3.46. The Hall–Kier alpha value is -3.35. The first kappa shape index (κ1) is 17.1. The Morgan fingerprint density at radius 1 is 1.26 bits per heavy atom. The fraction of sp³-hybridized carbons (Fsp3) is 0.200. The van der Waals surface area contributed by atoms with Crippen molar-refractivity contribution in [3.05, 3.63) is 65.1 Å². The Morgan fingerprint density at radius 2 is 2.00 bits per heavy atom. The fourth-order valence-electron chi connectivity index (χ4n) is 3.46. The summed E-state index contributed by atoms with van der Waals surface area (Å²) in [5.41, 5.74) is 3.23. The smallest absolute Gasteiger partial charge is 0.272 e. The van der Waals surface area contributed by atoms with Crippen molar-refractivity contribution in [3.8, 4) is 22.8 Å². The number of amides is 1. The molecule has 7 heteroatoms. The average Bonchev–Trinajstić information content (AvgIpc) is 3.18. The van der Waals surface area contributed by atoms with Gasteiger partial charge in [-0.2, -0.15) is 5.10 Å². The molecule has 3 aromatic rings. The van der Waals surface area contributed by atoms with Crippen molar-refractivity contribution in [3.63, 3.8) is 0 Å². The summed E-state index contributed by atoms with van der Waals surface area (Å²) in [6.07, 6.45) is 0. The second kappa shape index (κ2) is 6.42. The molecule has 27 heavy (non-hydrogen) atoms. The van der Waals surface area contributed by atoms with Crippen molar-refractivity contribution < 1.29 is 19.0 Å². The van der Waals surface area contributed by atoms with Gasteiger partial charge < -0.3 is 14.7 Å². The molecule has 0 fully saturated rings. The highest BCUT2D eigenvalue weighted by Gasteiger charge is 2.40. The molecule has 1 amide bonds. The number of phenols is 1. The van der Waals surface area contributed by atoms with Gasteiger partial charge in [0.2, 0.25) is 0 Å². The van der Waals surface area contributed by atoms with Crippen LogP contribution in [0, 0.1) is 5.82 Å². The summed E-state index contributed by atoms with van der Waals surface area (Å²) in [6.45, 7) is 2.24. The van der Waals surface area contributed by atoms with Crippen LogP contribution >= 0.6 is 0 Å². The molecule has 6 nitrogen and oxygen atoms in total. The molecule has 1 atom stereocenters. The van der Waals surface area contributed by atoms with Crippen LogP contribution in [0.1, 0.15) is 34.6 Å². The van der Waals surface area contributed by atoms with E-state index >= 15 is 0 Å². The van der Waals surface area contributed by atoms with Crippen LogP contribution in [0.4, 0.5) is 4.39 Å². The summed E-state index contributed by atoms with van der Waals surface area (Å²) >= 11 is 0. The zero-order valence-corrected chi connectivity index (χ0v) is 14.9. The van der Waals surface area contributed by atoms with Crippen molar-refractivity contribution in [2.24, 2.45) is 0 Å². The highest BCUT2D eigenvalue weighted by Crippen LogP contribution is 2.43. The molecule has 1 aromatic heterocycles. The lowest BCUT2D eigenvalue weighted by Crippen LogP contribution is -2.24. The number of hydrogen-bond donors (Lipinski definition) is 2. The lowest BCUT2D eigenvalue weighted by Gasteiger charge is -2.22. The second-order valence-electron chi connectivity index (χ2n) is 6.35. The highest BCUT2D eigenvalue weighted by molar-refractivity contribution is 6.00. The molecule has 0 saturated carbocycles. The first-order valence-corrected chi connectivity index (χ1v) is 8.58. The molecule has 2 N–H and O–H groups in total. The van der Waals surface area contributed by atoms with Crippen LogP contribution in [0.25, 0.3) is 11.3 Å². The summed E-state index contributed by atoms with van der Waals surface area (Å²) in [7, 11) is 1.71. The Morgan fingerprint density at radius 3 is 2.70 bits per heavy atom. The Balaban J connectivity index is 1.85. The molecule has 1 aliphatic heterocycles. The van der Waals surface area contributed by atoms with E-state index in [1.54, 1.807) is 42.3 Å². The zero-order valence-electron chi connectivity index (χ0n) is 14.9. The first-order chi connectivity index (χ1) is 13.0. The molecule has 0 radical (unpaired) electrons. The van der Waals surface area contributed by atoms with Gasteiger partial charge in [0, 0.05) is 18.2 Å². The summed E-state index contributed by atoms with van der Waals surface area (Å²) in [4.78, 5) is 14.3. The van der Waals surface area contributed by atoms with Crippen LogP contribution in [0.3, 0.4) is 0 Å². The number of carbonyl (C=O) groups excluding carboxylic acids is 1. The number of nitrogens with one attached hydrogen (secondary N) is 1. The van der Waals surface area contributed by atoms with Crippen LogP contribution in [0.15, 0.2) is 42.5 Å². The van der Waals surface area contributed by atoms with Gasteiger partial charge in [0.15, 0.2) is 11.5 Å². The number of aromatic amines is 1. The molecule has 1 aliphatic rings.